The lowest BCUT2D eigenvalue weighted by molar-refractivity contribution is -0.126. The lowest BCUT2D eigenvalue weighted by atomic mass is 10.5. The number of hydrogen-bond acceptors (Lipinski definition) is 3. The van der Waals surface area contributed by atoms with Gasteiger partial charge in [0, 0.05) is 19.3 Å². The van der Waals surface area contributed by atoms with E-state index in [0.717, 1.165) is 0 Å². The monoisotopic (exact) mass is 236 g/mol. The molecule has 0 aliphatic heterocycles. The molecule has 2 N–H and O–H groups in total. The number of aryl methyl sites for hydroxylation is 1. The van der Waals surface area contributed by atoms with E-state index >= 15 is 0 Å². The third-order valence-electron chi connectivity index (χ3n) is 1.59. The molecule has 0 saturated heterocycles. The molecule has 0 aliphatic carbocycles. The van der Waals surface area contributed by atoms with Crippen molar-refractivity contribution in [2.24, 2.45) is 7.05 Å². The van der Waals surface area contributed by atoms with E-state index in [0.29, 0.717) is 5.82 Å². The summed E-state index contributed by atoms with van der Waals surface area (Å²) in [5.74, 6) is -0.260. The molecule has 0 unspecified atom stereocenters. The molecular weight excluding hydrogens is 225 g/mol. The van der Waals surface area contributed by atoms with E-state index in [-0.39, 0.29) is 0 Å². The molecule has 90 valence electrons. The van der Waals surface area contributed by atoms with Crippen LogP contribution in [0.25, 0.3) is 0 Å². The van der Waals surface area contributed by atoms with Gasteiger partial charge in [0.25, 0.3) is 0 Å². The number of nitrogens with zero attached hydrogens (tertiary/aromatic N) is 2. The maximum atomic E-state index is 11.7. The summed E-state index contributed by atoms with van der Waals surface area (Å²) in [6.07, 6.45) is -2.70. The van der Waals surface area contributed by atoms with Gasteiger partial charge < -0.3 is 10.6 Å². The zero-order valence-corrected chi connectivity index (χ0v) is 8.51. The standard InChI is InChI=1S/C8H11F3N4O/c1-15-3-2-6(14-15)13-7(16)4-12-5-8(9,10)11/h2-3,12H,4-5H2,1H3,(H,13,14,16). The van der Waals surface area contributed by atoms with E-state index in [1.807, 2.05) is 5.32 Å². The maximum Gasteiger partial charge on any atom is 0.401 e. The summed E-state index contributed by atoms with van der Waals surface area (Å²) in [7, 11) is 1.66. The van der Waals surface area contributed by atoms with Gasteiger partial charge in [-0.05, 0) is 0 Å². The molecule has 0 radical (unpaired) electrons. The average Bonchev–Trinajstić information content (AvgIpc) is 2.48. The van der Waals surface area contributed by atoms with E-state index in [9.17, 15) is 18.0 Å². The number of amides is 1. The molecule has 0 aliphatic rings. The van der Waals surface area contributed by atoms with Gasteiger partial charge in [-0.15, -0.1) is 0 Å². The number of carbonyl (C=O) groups excluding carboxylic acids is 1. The van der Waals surface area contributed by atoms with Crippen LogP contribution >= 0.6 is 0 Å². The summed E-state index contributed by atoms with van der Waals surface area (Å²) >= 11 is 0. The molecule has 16 heavy (non-hydrogen) atoms. The van der Waals surface area contributed by atoms with Crippen LogP contribution in [0.15, 0.2) is 12.3 Å². The van der Waals surface area contributed by atoms with E-state index < -0.39 is 25.2 Å². The highest BCUT2D eigenvalue weighted by Gasteiger charge is 2.26. The Morgan fingerprint density at radius 3 is 2.75 bits per heavy atom. The van der Waals surface area contributed by atoms with Crippen LogP contribution < -0.4 is 10.6 Å². The van der Waals surface area contributed by atoms with Crippen molar-refractivity contribution in [3.05, 3.63) is 12.3 Å². The van der Waals surface area contributed by atoms with Crippen LogP contribution in [0.5, 0.6) is 0 Å². The Bertz CT molecular complexity index is 360. The Kier molecular flexibility index (Phi) is 3.88. The number of rotatable bonds is 4. The average molecular weight is 236 g/mol. The summed E-state index contributed by atoms with van der Waals surface area (Å²) in [6, 6.07) is 1.54. The first kappa shape index (κ1) is 12.5. The fraction of sp³-hybridized carbons (Fsp3) is 0.500. The van der Waals surface area contributed by atoms with E-state index in [4.69, 9.17) is 0 Å². The van der Waals surface area contributed by atoms with E-state index in [2.05, 4.69) is 10.4 Å². The van der Waals surface area contributed by atoms with Gasteiger partial charge in [0.15, 0.2) is 5.82 Å². The third-order valence-corrected chi connectivity index (χ3v) is 1.59. The number of anilines is 1. The summed E-state index contributed by atoms with van der Waals surface area (Å²) in [5, 5.41) is 8.17. The number of carbonyl (C=O) groups is 1. The van der Waals surface area contributed by atoms with Crippen molar-refractivity contribution in [2.75, 3.05) is 18.4 Å². The van der Waals surface area contributed by atoms with Crippen molar-refractivity contribution in [3.8, 4) is 0 Å². The Morgan fingerprint density at radius 2 is 2.25 bits per heavy atom. The van der Waals surface area contributed by atoms with Crippen LogP contribution in [0.4, 0.5) is 19.0 Å². The van der Waals surface area contributed by atoms with Crippen LogP contribution in [-0.2, 0) is 11.8 Å². The minimum atomic E-state index is -4.31. The minimum absolute atomic E-state index is 0.307. The Labute approximate surface area is 89.6 Å². The van der Waals surface area contributed by atoms with Crippen molar-refractivity contribution < 1.29 is 18.0 Å². The van der Waals surface area contributed by atoms with E-state index in [1.54, 1.807) is 19.3 Å². The van der Waals surface area contributed by atoms with Crippen molar-refractivity contribution in [1.29, 1.82) is 0 Å². The number of alkyl halides is 3. The lowest BCUT2D eigenvalue weighted by Crippen LogP contribution is -2.35. The van der Waals surface area contributed by atoms with Gasteiger partial charge in [-0.25, -0.2) is 0 Å². The van der Waals surface area contributed by atoms with Crippen LogP contribution in [0.1, 0.15) is 0 Å². The Morgan fingerprint density at radius 1 is 1.56 bits per heavy atom. The molecule has 1 rings (SSSR count). The molecule has 1 heterocycles. The summed E-state index contributed by atoms with van der Waals surface area (Å²) in [5.41, 5.74) is 0. The second-order valence-electron chi connectivity index (χ2n) is 3.14. The van der Waals surface area contributed by atoms with Crippen molar-refractivity contribution >= 4 is 11.7 Å². The second kappa shape index (κ2) is 4.97. The number of hydrogen-bond donors (Lipinski definition) is 2. The van der Waals surface area contributed by atoms with Crippen LogP contribution in [0.2, 0.25) is 0 Å². The fourth-order valence-corrected chi connectivity index (χ4v) is 0.987. The molecule has 0 spiro atoms. The quantitative estimate of drug-likeness (QED) is 0.800. The van der Waals surface area contributed by atoms with Crippen LogP contribution in [0.3, 0.4) is 0 Å². The van der Waals surface area contributed by atoms with E-state index in [1.165, 1.54) is 4.68 Å². The lowest BCUT2D eigenvalue weighted by Gasteiger charge is -2.07. The highest BCUT2D eigenvalue weighted by atomic mass is 19.4. The van der Waals surface area contributed by atoms with Crippen LogP contribution in [-0.4, -0.2) is 35.0 Å². The predicted octanol–water partition coefficient (Wildman–Crippen LogP) is 0.510. The zero-order valence-electron chi connectivity index (χ0n) is 8.51. The fourth-order valence-electron chi connectivity index (χ4n) is 0.987. The SMILES string of the molecule is Cn1ccc(NC(=O)CNCC(F)(F)F)n1. The van der Waals surface area contributed by atoms with Gasteiger partial charge in [-0.3, -0.25) is 9.48 Å². The van der Waals surface area contributed by atoms with Gasteiger partial charge in [-0.1, -0.05) is 0 Å². The van der Waals surface area contributed by atoms with Gasteiger partial charge in [0.2, 0.25) is 5.91 Å². The second-order valence-corrected chi connectivity index (χ2v) is 3.14. The molecule has 1 amide bonds. The highest BCUT2D eigenvalue weighted by Crippen LogP contribution is 2.11. The molecule has 5 nitrogen and oxygen atoms in total. The molecule has 0 atom stereocenters. The molecule has 1 aromatic rings. The van der Waals surface area contributed by atoms with Crippen molar-refractivity contribution in [3.63, 3.8) is 0 Å². The van der Waals surface area contributed by atoms with Gasteiger partial charge in [-0.2, -0.15) is 18.3 Å². The largest absolute Gasteiger partial charge is 0.401 e. The van der Waals surface area contributed by atoms with Gasteiger partial charge in [0.1, 0.15) is 0 Å². The number of halogens is 3. The van der Waals surface area contributed by atoms with Crippen molar-refractivity contribution in [2.45, 2.75) is 6.18 Å². The maximum absolute atomic E-state index is 11.7. The Balaban J connectivity index is 2.26. The number of nitrogens with one attached hydrogen (secondary N) is 2. The molecule has 0 aromatic carbocycles. The molecular formula is C8H11F3N4O. The van der Waals surface area contributed by atoms with Crippen molar-refractivity contribution in [1.82, 2.24) is 15.1 Å². The summed E-state index contributed by atoms with van der Waals surface area (Å²) < 4.78 is 36.7. The highest BCUT2D eigenvalue weighted by molar-refractivity contribution is 5.91. The minimum Gasteiger partial charge on any atom is -0.308 e. The summed E-state index contributed by atoms with van der Waals surface area (Å²) in [6.45, 7) is -1.60. The Hall–Kier alpha value is -1.57. The molecule has 1 aromatic heterocycles. The summed E-state index contributed by atoms with van der Waals surface area (Å²) in [4.78, 5) is 11.1. The normalized spacial score (nSPS) is 11.5. The topological polar surface area (TPSA) is 59.0 Å². The van der Waals surface area contributed by atoms with Gasteiger partial charge in [0.05, 0.1) is 13.1 Å². The molecule has 0 fully saturated rings. The molecule has 8 heteroatoms. The van der Waals surface area contributed by atoms with Crippen LogP contribution in [0, 0.1) is 0 Å². The molecule has 0 bridgehead atoms. The smallest absolute Gasteiger partial charge is 0.308 e. The predicted molar refractivity (Wildman–Crippen MR) is 50.8 cm³/mol. The molecule has 0 saturated carbocycles. The number of aromatic nitrogens is 2. The first-order chi connectivity index (χ1) is 7.37. The first-order valence-corrected chi connectivity index (χ1v) is 4.44. The third kappa shape index (κ3) is 4.78. The van der Waals surface area contributed by atoms with Gasteiger partial charge >= 0.3 is 6.18 Å². The first-order valence-electron chi connectivity index (χ1n) is 4.44. The zero-order chi connectivity index (χ0) is 12.2.